The Kier molecular flexibility index (Phi) is 4.33. The molecule has 1 rings (SSSR count). The van der Waals surface area contributed by atoms with Gasteiger partial charge >= 0.3 is 5.97 Å². The van der Waals surface area contributed by atoms with E-state index in [-0.39, 0.29) is 5.97 Å². The maximum absolute atomic E-state index is 11.2. The molecule has 0 amide bonds. The molecule has 94 valence electrons. The van der Waals surface area contributed by atoms with Gasteiger partial charge in [0, 0.05) is 6.42 Å². The largest absolute Gasteiger partial charge is 0.469 e. The summed E-state index contributed by atoms with van der Waals surface area (Å²) in [4.78, 5) is 11.2. The Morgan fingerprint density at radius 3 is 1.71 bits per heavy atom. The van der Waals surface area contributed by atoms with Crippen molar-refractivity contribution in [3.63, 3.8) is 0 Å². The van der Waals surface area contributed by atoms with Gasteiger partial charge in [-0.3, -0.25) is 4.79 Å². The molecule has 0 N–H and O–H groups in total. The van der Waals surface area contributed by atoms with Gasteiger partial charge < -0.3 is 4.74 Å². The summed E-state index contributed by atoms with van der Waals surface area (Å²) in [6, 6.07) is 0. The number of esters is 1. The molecule has 0 spiro atoms. The predicted octanol–water partition coefficient (Wildman–Crippen LogP) is 3.33. The SMILES string of the molecule is COC(=O)CCc1c(C)c(C)c(C)c(C)c1C. The normalized spacial score (nSPS) is 10.5. The number of hydrogen-bond acceptors (Lipinski definition) is 2. The number of ether oxygens (including phenoxy) is 1. The van der Waals surface area contributed by atoms with Crippen LogP contribution in [0.2, 0.25) is 0 Å². The maximum Gasteiger partial charge on any atom is 0.305 e. The zero-order chi connectivity index (χ0) is 13.2. The van der Waals surface area contributed by atoms with E-state index in [1.807, 2.05) is 0 Å². The van der Waals surface area contributed by atoms with E-state index >= 15 is 0 Å². The monoisotopic (exact) mass is 234 g/mol. The summed E-state index contributed by atoms with van der Waals surface area (Å²) < 4.78 is 4.70. The minimum atomic E-state index is -0.139. The number of rotatable bonds is 3. The highest BCUT2D eigenvalue weighted by Gasteiger charge is 2.13. The van der Waals surface area contributed by atoms with Gasteiger partial charge in [-0.25, -0.2) is 0 Å². The Bertz CT molecular complexity index is 416. The lowest BCUT2D eigenvalue weighted by atomic mass is 9.88. The van der Waals surface area contributed by atoms with Crippen LogP contribution in [0.5, 0.6) is 0 Å². The molecule has 0 bridgehead atoms. The molecule has 0 heterocycles. The summed E-state index contributed by atoms with van der Waals surface area (Å²) >= 11 is 0. The molecule has 0 aliphatic carbocycles. The van der Waals surface area contributed by atoms with Crippen molar-refractivity contribution in [2.24, 2.45) is 0 Å². The molecule has 0 saturated heterocycles. The van der Waals surface area contributed by atoms with E-state index in [2.05, 4.69) is 34.6 Å². The quantitative estimate of drug-likeness (QED) is 0.750. The Labute approximate surface area is 104 Å². The van der Waals surface area contributed by atoms with Gasteiger partial charge in [0.15, 0.2) is 0 Å². The molecule has 2 heteroatoms. The average Bonchev–Trinajstić information content (AvgIpc) is 2.33. The lowest BCUT2D eigenvalue weighted by Crippen LogP contribution is -2.07. The number of methoxy groups -OCH3 is 1. The van der Waals surface area contributed by atoms with Gasteiger partial charge in [-0.2, -0.15) is 0 Å². The molecule has 1 aromatic carbocycles. The summed E-state index contributed by atoms with van der Waals surface area (Å²) in [6.45, 7) is 10.7. The fourth-order valence-electron chi connectivity index (χ4n) is 2.28. The van der Waals surface area contributed by atoms with Crippen LogP contribution in [0.4, 0.5) is 0 Å². The molecule has 17 heavy (non-hydrogen) atoms. The van der Waals surface area contributed by atoms with Crippen molar-refractivity contribution in [3.8, 4) is 0 Å². The van der Waals surface area contributed by atoms with E-state index in [0.717, 1.165) is 6.42 Å². The van der Waals surface area contributed by atoms with E-state index in [1.165, 1.54) is 40.5 Å². The van der Waals surface area contributed by atoms with Gasteiger partial charge in [0.1, 0.15) is 0 Å². The third-order valence-corrected chi connectivity index (χ3v) is 3.96. The van der Waals surface area contributed by atoms with E-state index in [4.69, 9.17) is 4.74 Å². The molecule has 0 atom stereocenters. The second-order valence-electron chi connectivity index (χ2n) is 4.68. The van der Waals surface area contributed by atoms with Crippen LogP contribution in [0.3, 0.4) is 0 Å². The van der Waals surface area contributed by atoms with E-state index in [1.54, 1.807) is 0 Å². The van der Waals surface area contributed by atoms with Crippen LogP contribution < -0.4 is 0 Å². The fourth-order valence-corrected chi connectivity index (χ4v) is 2.28. The van der Waals surface area contributed by atoms with Crippen LogP contribution in [0.1, 0.15) is 39.8 Å². The zero-order valence-electron chi connectivity index (χ0n) is 11.7. The van der Waals surface area contributed by atoms with E-state index in [9.17, 15) is 4.79 Å². The van der Waals surface area contributed by atoms with Crippen molar-refractivity contribution in [3.05, 3.63) is 33.4 Å². The molecule has 0 radical (unpaired) electrons. The number of carbonyl (C=O) groups excluding carboxylic acids is 1. The minimum absolute atomic E-state index is 0.139. The summed E-state index contributed by atoms with van der Waals surface area (Å²) in [5, 5.41) is 0. The first-order valence-electron chi connectivity index (χ1n) is 6.02. The Morgan fingerprint density at radius 2 is 1.29 bits per heavy atom. The molecule has 0 saturated carbocycles. The number of benzene rings is 1. The smallest absolute Gasteiger partial charge is 0.305 e. The highest BCUT2D eigenvalue weighted by Crippen LogP contribution is 2.26. The van der Waals surface area contributed by atoms with Gasteiger partial charge in [-0.1, -0.05) is 0 Å². The first-order valence-corrected chi connectivity index (χ1v) is 6.02. The highest BCUT2D eigenvalue weighted by molar-refractivity contribution is 5.69. The molecule has 2 nitrogen and oxygen atoms in total. The third kappa shape index (κ3) is 2.68. The lowest BCUT2D eigenvalue weighted by Gasteiger charge is -2.18. The van der Waals surface area contributed by atoms with Crippen LogP contribution in [0.15, 0.2) is 0 Å². The minimum Gasteiger partial charge on any atom is -0.469 e. The van der Waals surface area contributed by atoms with Gasteiger partial charge in [-0.15, -0.1) is 0 Å². The summed E-state index contributed by atoms with van der Waals surface area (Å²) in [6.07, 6.45) is 1.23. The van der Waals surface area contributed by atoms with Gasteiger partial charge in [0.25, 0.3) is 0 Å². The third-order valence-electron chi connectivity index (χ3n) is 3.96. The Balaban J connectivity index is 3.12. The Hall–Kier alpha value is -1.31. The maximum atomic E-state index is 11.2. The topological polar surface area (TPSA) is 26.3 Å². The molecule has 0 aliphatic rings. The first kappa shape index (κ1) is 13.8. The standard InChI is InChI=1S/C15H22O2/c1-9-10(2)12(4)14(13(5)11(9)3)7-8-15(16)17-6/h7-8H2,1-6H3. The van der Waals surface area contributed by atoms with Crippen molar-refractivity contribution in [2.75, 3.05) is 7.11 Å². The second kappa shape index (κ2) is 5.35. The predicted molar refractivity (Wildman–Crippen MR) is 70.5 cm³/mol. The molecule has 0 aromatic heterocycles. The summed E-state index contributed by atoms with van der Waals surface area (Å²) in [7, 11) is 1.44. The number of hydrogen-bond donors (Lipinski definition) is 0. The van der Waals surface area contributed by atoms with Crippen molar-refractivity contribution >= 4 is 5.97 Å². The molecule has 1 aromatic rings. The van der Waals surface area contributed by atoms with Crippen molar-refractivity contribution in [1.82, 2.24) is 0 Å². The molecular formula is C15H22O2. The zero-order valence-corrected chi connectivity index (χ0v) is 11.7. The fraction of sp³-hybridized carbons (Fsp3) is 0.533. The van der Waals surface area contributed by atoms with E-state index in [0.29, 0.717) is 6.42 Å². The average molecular weight is 234 g/mol. The van der Waals surface area contributed by atoms with E-state index < -0.39 is 0 Å². The lowest BCUT2D eigenvalue weighted by molar-refractivity contribution is -0.140. The van der Waals surface area contributed by atoms with Crippen LogP contribution in [0, 0.1) is 34.6 Å². The summed E-state index contributed by atoms with van der Waals surface area (Å²) in [5.74, 6) is -0.139. The van der Waals surface area contributed by atoms with Crippen molar-refractivity contribution < 1.29 is 9.53 Å². The van der Waals surface area contributed by atoms with Crippen molar-refractivity contribution in [1.29, 1.82) is 0 Å². The van der Waals surface area contributed by atoms with Crippen LogP contribution in [-0.4, -0.2) is 13.1 Å². The van der Waals surface area contributed by atoms with Crippen LogP contribution >= 0.6 is 0 Å². The molecule has 0 fully saturated rings. The molecule has 0 aliphatic heterocycles. The first-order chi connectivity index (χ1) is 7.90. The summed E-state index contributed by atoms with van der Waals surface area (Å²) in [5.41, 5.74) is 7.97. The van der Waals surface area contributed by atoms with Crippen molar-refractivity contribution in [2.45, 2.75) is 47.5 Å². The number of carbonyl (C=O) groups is 1. The van der Waals surface area contributed by atoms with Gasteiger partial charge in [0.05, 0.1) is 7.11 Å². The molecular weight excluding hydrogens is 212 g/mol. The second-order valence-corrected chi connectivity index (χ2v) is 4.68. The van der Waals surface area contributed by atoms with Crippen LogP contribution in [-0.2, 0) is 16.0 Å². The highest BCUT2D eigenvalue weighted by atomic mass is 16.5. The van der Waals surface area contributed by atoms with Gasteiger partial charge in [0.2, 0.25) is 0 Å². The van der Waals surface area contributed by atoms with Gasteiger partial charge in [-0.05, 0) is 74.4 Å². The Morgan fingerprint density at radius 1 is 0.882 bits per heavy atom. The van der Waals surface area contributed by atoms with Crippen LogP contribution in [0.25, 0.3) is 0 Å². The molecule has 0 unspecified atom stereocenters.